The maximum Gasteiger partial charge on any atom is 0.243 e. The number of hydrogen-bond donors (Lipinski definition) is 1. The zero-order valence-electron chi connectivity index (χ0n) is 12.7. The van der Waals surface area contributed by atoms with Crippen LogP contribution >= 0.6 is 0 Å². The molecule has 1 saturated heterocycles. The van der Waals surface area contributed by atoms with Crippen molar-refractivity contribution < 1.29 is 14.4 Å². The van der Waals surface area contributed by atoms with Crippen LogP contribution in [0.3, 0.4) is 0 Å². The van der Waals surface area contributed by atoms with Gasteiger partial charge < -0.3 is 10.2 Å². The van der Waals surface area contributed by atoms with Crippen LogP contribution < -0.4 is 10.2 Å². The first-order chi connectivity index (χ1) is 10.5. The smallest absolute Gasteiger partial charge is 0.243 e. The van der Waals surface area contributed by atoms with Gasteiger partial charge in [0.1, 0.15) is 6.04 Å². The Balaban J connectivity index is 1.84. The number of carbonyl (C=O) groups excluding carboxylic acids is 3. The summed E-state index contributed by atoms with van der Waals surface area (Å²) in [7, 11) is 1.58. The van der Waals surface area contributed by atoms with Crippen molar-refractivity contribution in [1.29, 1.82) is 0 Å². The summed E-state index contributed by atoms with van der Waals surface area (Å²) in [4.78, 5) is 39.4. The molecule has 2 aliphatic rings. The molecule has 3 rings (SSSR count). The molecule has 6 nitrogen and oxygen atoms in total. The van der Waals surface area contributed by atoms with Crippen molar-refractivity contribution in [3.8, 4) is 0 Å². The first-order valence-electron chi connectivity index (χ1n) is 7.41. The molecule has 1 fully saturated rings. The summed E-state index contributed by atoms with van der Waals surface area (Å²) in [6.45, 7) is 2.37. The summed E-state index contributed by atoms with van der Waals surface area (Å²) in [6.07, 6.45) is 0.532. The van der Waals surface area contributed by atoms with Gasteiger partial charge in [-0.3, -0.25) is 19.3 Å². The summed E-state index contributed by atoms with van der Waals surface area (Å²) in [5.74, 6) is -0.473. The lowest BCUT2D eigenvalue weighted by Gasteiger charge is -2.40. The van der Waals surface area contributed by atoms with Crippen LogP contribution in [0.15, 0.2) is 24.3 Å². The van der Waals surface area contributed by atoms with Gasteiger partial charge in [-0.1, -0.05) is 18.2 Å². The SMILES string of the molecule is CNC(=O)C1Cc2ccccc2N1C(=O)C1CN(C(C)=O)C1. The third-order valence-electron chi connectivity index (χ3n) is 4.44. The molecule has 0 bridgehead atoms. The quantitative estimate of drug-likeness (QED) is 0.846. The summed E-state index contributed by atoms with van der Waals surface area (Å²) in [5.41, 5.74) is 1.81. The number of nitrogens with one attached hydrogen (secondary N) is 1. The highest BCUT2D eigenvalue weighted by atomic mass is 16.2. The van der Waals surface area contributed by atoms with E-state index in [0.717, 1.165) is 11.3 Å². The number of anilines is 1. The Morgan fingerprint density at radius 2 is 1.86 bits per heavy atom. The number of nitrogens with zero attached hydrogens (tertiary/aromatic N) is 2. The molecular formula is C16H19N3O3. The topological polar surface area (TPSA) is 69.7 Å². The maximum absolute atomic E-state index is 12.8. The van der Waals surface area contributed by atoms with Crippen LogP contribution in [0.25, 0.3) is 0 Å². The van der Waals surface area contributed by atoms with E-state index < -0.39 is 6.04 Å². The lowest BCUT2D eigenvalue weighted by molar-refractivity contribution is -0.141. The molecule has 0 saturated carbocycles. The van der Waals surface area contributed by atoms with Crippen molar-refractivity contribution in [2.24, 2.45) is 5.92 Å². The second-order valence-corrected chi connectivity index (χ2v) is 5.79. The average Bonchev–Trinajstić information content (AvgIpc) is 2.83. The fourth-order valence-electron chi connectivity index (χ4n) is 3.12. The van der Waals surface area contributed by atoms with Gasteiger partial charge in [-0.15, -0.1) is 0 Å². The number of para-hydroxylation sites is 1. The van der Waals surface area contributed by atoms with Crippen LogP contribution in [-0.2, 0) is 20.8 Å². The number of benzene rings is 1. The second kappa shape index (κ2) is 5.44. The number of rotatable bonds is 2. The molecule has 2 heterocycles. The predicted molar refractivity (Wildman–Crippen MR) is 81.2 cm³/mol. The molecule has 1 N–H and O–H groups in total. The van der Waals surface area contributed by atoms with Crippen LogP contribution in [-0.4, -0.2) is 48.8 Å². The first kappa shape index (κ1) is 14.6. The summed E-state index contributed by atoms with van der Waals surface area (Å²) in [6, 6.07) is 7.10. The van der Waals surface area contributed by atoms with Crippen molar-refractivity contribution in [2.75, 3.05) is 25.0 Å². The Morgan fingerprint density at radius 3 is 2.50 bits per heavy atom. The van der Waals surface area contributed by atoms with E-state index in [4.69, 9.17) is 0 Å². The van der Waals surface area contributed by atoms with Crippen LogP contribution in [0.2, 0.25) is 0 Å². The first-order valence-corrected chi connectivity index (χ1v) is 7.41. The molecule has 1 aromatic rings. The number of amides is 3. The van der Waals surface area contributed by atoms with Gasteiger partial charge in [0.2, 0.25) is 17.7 Å². The van der Waals surface area contributed by atoms with Crippen LogP contribution in [0.1, 0.15) is 12.5 Å². The van der Waals surface area contributed by atoms with Crippen molar-refractivity contribution in [3.63, 3.8) is 0 Å². The Bertz CT molecular complexity index is 637. The van der Waals surface area contributed by atoms with Crippen LogP contribution in [0.5, 0.6) is 0 Å². The summed E-state index contributed by atoms with van der Waals surface area (Å²) >= 11 is 0. The lowest BCUT2D eigenvalue weighted by Crippen LogP contribution is -2.58. The molecule has 6 heteroatoms. The van der Waals surface area contributed by atoms with Crippen LogP contribution in [0.4, 0.5) is 5.69 Å². The third-order valence-corrected chi connectivity index (χ3v) is 4.44. The van der Waals surface area contributed by atoms with Gasteiger partial charge in [0.05, 0.1) is 5.92 Å². The molecule has 1 aromatic carbocycles. The Morgan fingerprint density at radius 1 is 1.18 bits per heavy atom. The second-order valence-electron chi connectivity index (χ2n) is 5.79. The van der Waals surface area contributed by atoms with Gasteiger partial charge in [-0.2, -0.15) is 0 Å². The van der Waals surface area contributed by atoms with Gasteiger partial charge in [0.25, 0.3) is 0 Å². The number of fused-ring (bicyclic) bond motifs is 1. The molecule has 0 aliphatic carbocycles. The van der Waals surface area contributed by atoms with Gasteiger partial charge >= 0.3 is 0 Å². The summed E-state index contributed by atoms with van der Waals surface area (Å²) in [5, 5.41) is 2.63. The molecule has 1 atom stereocenters. The maximum atomic E-state index is 12.8. The monoisotopic (exact) mass is 301 g/mol. The molecule has 116 valence electrons. The zero-order chi connectivity index (χ0) is 15.9. The molecule has 0 spiro atoms. The molecule has 22 heavy (non-hydrogen) atoms. The molecule has 0 radical (unpaired) electrons. The molecule has 3 amide bonds. The van der Waals surface area contributed by atoms with E-state index in [1.54, 1.807) is 16.8 Å². The summed E-state index contributed by atoms with van der Waals surface area (Å²) < 4.78 is 0. The third kappa shape index (κ3) is 2.24. The Kier molecular flexibility index (Phi) is 3.60. The van der Waals surface area contributed by atoms with Crippen molar-refractivity contribution >= 4 is 23.4 Å². The van der Waals surface area contributed by atoms with Crippen molar-refractivity contribution in [2.45, 2.75) is 19.4 Å². The highest BCUT2D eigenvalue weighted by molar-refractivity contribution is 6.05. The highest BCUT2D eigenvalue weighted by Gasteiger charge is 2.44. The Hall–Kier alpha value is -2.37. The predicted octanol–water partition coefficient (Wildman–Crippen LogP) is 0.169. The fraction of sp³-hybridized carbons (Fsp3) is 0.438. The minimum Gasteiger partial charge on any atom is -0.357 e. The minimum atomic E-state index is -0.499. The zero-order valence-corrected chi connectivity index (χ0v) is 12.7. The number of likely N-dealkylation sites (tertiary alicyclic amines) is 1. The lowest BCUT2D eigenvalue weighted by atomic mass is 9.97. The van der Waals surface area contributed by atoms with E-state index in [2.05, 4.69) is 5.32 Å². The standard InChI is InChI=1S/C16H19N3O3/c1-10(20)18-8-12(9-18)16(22)19-13-6-4-3-5-11(13)7-14(19)15(21)17-2/h3-6,12,14H,7-9H2,1-2H3,(H,17,21). The number of carbonyl (C=O) groups is 3. The van der Waals surface area contributed by atoms with Gasteiger partial charge in [-0.25, -0.2) is 0 Å². The molecular weight excluding hydrogens is 282 g/mol. The van der Waals surface area contributed by atoms with E-state index in [1.807, 2.05) is 24.3 Å². The van der Waals surface area contributed by atoms with Crippen molar-refractivity contribution in [3.05, 3.63) is 29.8 Å². The Labute approximate surface area is 129 Å². The molecule has 2 aliphatic heterocycles. The van der Waals surface area contributed by atoms with E-state index in [1.165, 1.54) is 6.92 Å². The fourth-order valence-corrected chi connectivity index (χ4v) is 3.12. The minimum absolute atomic E-state index is 0.0197. The van der Waals surface area contributed by atoms with Crippen LogP contribution in [0, 0.1) is 5.92 Å². The van der Waals surface area contributed by atoms with Gasteiger partial charge in [-0.05, 0) is 11.6 Å². The highest BCUT2D eigenvalue weighted by Crippen LogP contribution is 2.34. The molecule has 1 unspecified atom stereocenters. The van der Waals surface area contributed by atoms with E-state index in [0.29, 0.717) is 19.5 Å². The number of hydrogen-bond acceptors (Lipinski definition) is 3. The normalized spacial score (nSPS) is 20.4. The largest absolute Gasteiger partial charge is 0.357 e. The van der Waals surface area contributed by atoms with E-state index in [9.17, 15) is 14.4 Å². The number of likely N-dealkylation sites (N-methyl/N-ethyl adjacent to an activating group) is 1. The molecule has 0 aromatic heterocycles. The van der Waals surface area contributed by atoms with Gasteiger partial charge in [0, 0.05) is 39.2 Å². The van der Waals surface area contributed by atoms with E-state index in [-0.39, 0.29) is 23.6 Å². The van der Waals surface area contributed by atoms with Crippen molar-refractivity contribution in [1.82, 2.24) is 10.2 Å². The van der Waals surface area contributed by atoms with Gasteiger partial charge in [0.15, 0.2) is 0 Å². The average molecular weight is 301 g/mol. The van der Waals surface area contributed by atoms with E-state index >= 15 is 0 Å².